The maximum Gasteiger partial charge on any atom is 0.0653 e. The minimum atomic E-state index is 0.188. The Morgan fingerprint density at radius 2 is 1.13 bits per heavy atom. The minimum absolute atomic E-state index is 0.188. The van der Waals surface area contributed by atoms with Crippen molar-refractivity contribution in [2.75, 3.05) is 13.2 Å². The second kappa shape index (κ2) is 6.62. The van der Waals surface area contributed by atoms with Gasteiger partial charge in [0.2, 0.25) is 0 Å². The van der Waals surface area contributed by atoms with Crippen LogP contribution in [0, 0.1) is 10.8 Å². The summed E-state index contributed by atoms with van der Waals surface area (Å²) in [5, 5.41) is 0. The molecule has 0 rings (SSSR count). The molecule has 0 fully saturated rings. The van der Waals surface area contributed by atoms with Crippen molar-refractivity contribution in [1.29, 1.82) is 0 Å². The van der Waals surface area contributed by atoms with Gasteiger partial charge in [-0.1, -0.05) is 53.2 Å². The van der Waals surface area contributed by atoms with E-state index in [2.05, 4.69) is 27.7 Å². The molecule has 0 aliphatic rings. The molecule has 0 saturated heterocycles. The number of hydrogen-bond donors (Lipinski definition) is 0. The first-order valence-electron chi connectivity index (χ1n) is 5.81. The smallest absolute Gasteiger partial charge is 0.0653 e. The average molecular weight is 206 g/mol. The van der Waals surface area contributed by atoms with Crippen molar-refractivity contribution >= 4 is 15.7 Å². The Bertz CT molecular complexity index is 149. The molecule has 0 aromatic heterocycles. The molecule has 0 amide bonds. The molecular weight excluding hydrogens is 182 g/mol. The van der Waals surface area contributed by atoms with Crippen molar-refractivity contribution in [2.45, 2.75) is 53.2 Å². The third-order valence-electron chi connectivity index (χ3n) is 2.63. The van der Waals surface area contributed by atoms with Crippen LogP contribution in [0.15, 0.2) is 0 Å². The third kappa shape index (κ3) is 7.96. The zero-order chi connectivity index (χ0) is 11.9. The van der Waals surface area contributed by atoms with Crippen LogP contribution < -0.4 is 0 Å². The Kier molecular flexibility index (Phi) is 6.66. The predicted molar refractivity (Wildman–Crippen MR) is 68.7 cm³/mol. The third-order valence-corrected chi connectivity index (χ3v) is 2.63. The standard InChI is InChI=1S/C12H24B2O/c1-11(2,5-7-13)9-15-10-12(3,4)6-8-14/h5-10H2,1-4H3. The van der Waals surface area contributed by atoms with Gasteiger partial charge in [-0.15, -0.1) is 0 Å². The van der Waals surface area contributed by atoms with Crippen molar-refractivity contribution < 1.29 is 4.74 Å². The van der Waals surface area contributed by atoms with Gasteiger partial charge in [-0.2, -0.15) is 0 Å². The molecule has 0 saturated carbocycles. The summed E-state index contributed by atoms with van der Waals surface area (Å²) in [6, 6.07) is 0. The molecule has 84 valence electrons. The Hall–Kier alpha value is 0.0899. The van der Waals surface area contributed by atoms with Crippen LogP contribution in [-0.2, 0) is 4.74 Å². The van der Waals surface area contributed by atoms with Crippen molar-refractivity contribution in [3.8, 4) is 0 Å². The van der Waals surface area contributed by atoms with E-state index in [4.69, 9.17) is 20.4 Å². The molecule has 0 aromatic carbocycles. The highest BCUT2D eigenvalue weighted by molar-refractivity contribution is 6.08. The fourth-order valence-electron chi connectivity index (χ4n) is 1.53. The summed E-state index contributed by atoms with van der Waals surface area (Å²) in [7, 11) is 11.1. The van der Waals surface area contributed by atoms with Crippen LogP contribution >= 0.6 is 0 Å². The summed E-state index contributed by atoms with van der Waals surface area (Å²) in [5.74, 6) is 0. The van der Waals surface area contributed by atoms with E-state index in [1.165, 1.54) is 0 Å². The highest BCUT2D eigenvalue weighted by Gasteiger charge is 2.20. The lowest BCUT2D eigenvalue weighted by molar-refractivity contribution is 0.0129. The van der Waals surface area contributed by atoms with Gasteiger partial charge in [-0.25, -0.2) is 0 Å². The fourth-order valence-corrected chi connectivity index (χ4v) is 1.53. The maximum absolute atomic E-state index is 5.76. The second-order valence-corrected chi connectivity index (χ2v) is 5.90. The molecule has 0 atom stereocenters. The van der Waals surface area contributed by atoms with E-state index in [1.807, 2.05) is 0 Å². The molecule has 0 bridgehead atoms. The molecule has 1 nitrogen and oxygen atoms in total. The molecule has 0 spiro atoms. The molecule has 0 aliphatic heterocycles. The molecule has 4 radical (unpaired) electrons. The van der Waals surface area contributed by atoms with Crippen LogP contribution in [0.4, 0.5) is 0 Å². The van der Waals surface area contributed by atoms with E-state index >= 15 is 0 Å². The lowest BCUT2D eigenvalue weighted by atomic mass is 9.82. The normalized spacial score (nSPS) is 13.1. The van der Waals surface area contributed by atoms with Gasteiger partial charge in [-0.05, 0) is 10.8 Å². The highest BCUT2D eigenvalue weighted by Crippen LogP contribution is 2.26. The van der Waals surface area contributed by atoms with Crippen LogP contribution in [-0.4, -0.2) is 28.9 Å². The molecule has 3 heteroatoms. The summed E-state index contributed by atoms with van der Waals surface area (Å²) in [4.78, 5) is 0. The summed E-state index contributed by atoms with van der Waals surface area (Å²) in [6.07, 6.45) is 3.46. The first kappa shape index (κ1) is 15.1. The van der Waals surface area contributed by atoms with Gasteiger partial charge in [0.05, 0.1) is 28.9 Å². The van der Waals surface area contributed by atoms with E-state index in [0.29, 0.717) is 0 Å². The highest BCUT2D eigenvalue weighted by atomic mass is 16.5. The summed E-state index contributed by atoms with van der Waals surface area (Å²) < 4.78 is 5.76. The SMILES string of the molecule is [B]CCC(C)(C)COCC(C)(C)CC[B]. The van der Waals surface area contributed by atoms with Crippen LogP contribution in [0.3, 0.4) is 0 Å². The van der Waals surface area contributed by atoms with Crippen molar-refractivity contribution in [2.24, 2.45) is 10.8 Å². The minimum Gasteiger partial charge on any atom is -0.380 e. The van der Waals surface area contributed by atoms with Crippen molar-refractivity contribution in [3.05, 3.63) is 0 Å². The van der Waals surface area contributed by atoms with Crippen LogP contribution in [0.1, 0.15) is 40.5 Å². The van der Waals surface area contributed by atoms with E-state index in [-0.39, 0.29) is 10.8 Å². The second-order valence-electron chi connectivity index (χ2n) is 5.90. The van der Waals surface area contributed by atoms with Gasteiger partial charge in [0, 0.05) is 0 Å². The lowest BCUT2D eigenvalue weighted by Gasteiger charge is -2.28. The largest absolute Gasteiger partial charge is 0.380 e. The molecule has 0 aliphatic carbocycles. The Morgan fingerprint density at radius 3 is 1.40 bits per heavy atom. The van der Waals surface area contributed by atoms with Gasteiger partial charge < -0.3 is 4.74 Å². The summed E-state index contributed by atoms with van der Waals surface area (Å²) >= 11 is 0. The topological polar surface area (TPSA) is 9.23 Å². The Morgan fingerprint density at radius 1 is 0.800 bits per heavy atom. The monoisotopic (exact) mass is 206 g/mol. The quantitative estimate of drug-likeness (QED) is 0.554. The van der Waals surface area contributed by atoms with Gasteiger partial charge >= 0.3 is 0 Å². The predicted octanol–water partition coefficient (Wildman–Crippen LogP) is 3.01. The summed E-state index contributed by atoms with van der Waals surface area (Å²) in [5.41, 5.74) is 0.376. The molecular formula is C12H24B2O. The zero-order valence-electron chi connectivity index (χ0n) is 10.8. The Balaban J connectivity index is 3.77. The fraction of sp³-hybridized carbons (Fsp3) is 1.00. The van der Waals surface area contributed by atoms with E-state index in [1.54, 1.807) is 0 Å². The van der Waals surface area contributed by atoms with Crippen LogP contribution in [0.25, 0.3) is 0 Å². The van der Waals surface area contributed by atoms with Crippen LogP contribution in [0.5, 0.6) is 0 Å². The van der Waals surface area contributed by atoms with Gasteiger partial charge in [-0.3, -0.25) is 0 Å². The van der Waals surface area contributed by atoms with Crippen molar-refractivity contribution in [1.82, 2.24) is 0 Å². The van der Waals surface area contributed by atoms with Gasteiger partial charge in [0.1, 0.15) is 0 Å². The number of ether oxygens (including phenoxy) is 1. The first-order valence-corrected chi connectivity index (χ1v) is 5.81. The molecule has 0 unspecified atom stereocenters. The summed E-state index contributed by atoms with van der Waals surface area (Å²) in [6.45, 7) is 10.3. The van der Waals surface area contributed by atoms with Crippen LogP contribution in [0.2, 0.25) is 12.6 Å². The van der Waals surface area contributed by atoms with E-state index < -0.39 is 0 Å². The molecule has 0 aromatic rings. The zero-order valence-corrected chi connectivity index (χ0v) is 10.8. The average Bonchev–Trinajstić information content (AvgIpc) is 2.02. The number of rotatable bonds is 8. The van der Waals surface area contributed by atoms with Gasteiger partial charge in [0.15, 0.2) is 0 Å². The van der Waals surface area contributed by atoms with E-state index in [0.717, 1.165) is 38.7 Å². The lowest BCUT2D eigenvalue weighted by Crippen LogP contribution is -2.25. The maximum atomic E-state index is 5.76. The molecule has 0 N–H and O–H groups in total. The molecule has 0 heterocycles. The van der Waals surface area contributed by atoms with E-state index in [9.17, 15) is 0 Å². The van der Waals surface area contributed by atoms with Gasteiger partial charge in [0.25, 0.3) is 0 Å². The van der Waals surface area contributed by atoms with Crippen molar-refractivity contribution in [3.63, 3.8) is 0 Å². The Labute approximate surface area is 98.2 Å². The first-order chi connectivity index (χ1) is 6.83. The molecule has 15 heavy (non-hydrogen) atoms. The number of hydrogen-bond acceptors (Lipinski definition) is 1.